The van der Waals surface area contributed by atoms with Crippen LogP contribution in [0.1, 0.15) is 33.8 Å². The second kappa shape index (κ2) is 4.89. The van der Waals surface area contributed by atoms with Crippen LogP contribution in [0.15, 0.2) is 46.9 Å². The molecular weight excluding hydrogens is 307 g/mol. The Labute approximate surface area is 119 Å². The van der Waals surface area contributed by atoms with E-state index in [9.17, 15) is 9.18 Å². The highest BCUT2D eigenvalue weighted by atomic mass is 79.9. The number of rotatable bonds is 3. The molecule has 3 rings (SSSR count). The number of Topliss-reactive ketones (excluding diaryl/α,β-unsaturated/α-hetero) is 1. The van der Waals surface area contributed by atoms with Crippen molar-refractivity contribution in [2.24, 2.45) is 0 Å². The molecule has 3 heteroatoms. The molecule has 1 atom stereocenters. The molecule has 2 aromatic rings. The summed E-state index contributed by atoms with van der Waals surface area (Å²) in [7, 11) is 0. The van der Waals surface area contributed by atoms with Gasteiger partial charge in [-0.05, 0) is 41.7 Å². The molecule has 0 radical (unpaired) electrons. The lowest BCUT2D eigenvalue weighted by Crippen LogP contribution is -2.20. The second-order valence-electron chi connectivity index (χ2n) is 4.85. The van der Waals surface area contributed by atoms with Gasteiger partial charge in [-0.25, -0.2) is 4.39 Å². The molecule has 19 heavy (non-hydrogen) atoms. The molecule has 0 saturated heterocycles. The van der Waals surface area contributed by atoms with Crippen LogP contribution in [0.2, 0.25) is 0 Å². The molecule has 1 nitrogen and oxygen atoms in total. The summed E-state index contributed by atoms with van der Waals surface area (Å²) in [6.45, 7) is 0. The predicted octanol–water partition coefficient (Wildman–Crippen LogP) is 4.50. The topological polar surface area (TPSA) is 17.1 Å². The highest BCUT2D eigenvalue weighted by molar-refractivity contribution is 9.10. The van der Waals surface area contributed by atoms with Crippen LogP contribution < -0.4 is 0 Å². The van der Waals surface area contributed by atoms with E-state index in [-0.39, 0.29) is 17.3 Å². The Morgan fingerprint density at radius 2 is 2.05 bits per heavy atom. The van der Waals surface area contributed by atoms with E-state index in [2.05, 4.69) is 28.1 Å². The van der Waals surface area contributed by atoms with E-state index in [0.717, 1.165) is 6.42 Å². The summed E-state index contributed by atoms with van der Waals surface area (Å²) in [6.07, 6.45) is 1.30. The zero-order valence-corrected chi connectivity index (χ0v) is 11.8. The van der Waals surface area contributed by atoms with Crippen LogP contribution >= 0.6 is 15.9 Å². The summed E-state index contributed by atoms with van der Waals surface area (Å²) in [4.78, 5) is 12.1. The standard InChI is InChI=1S/C16H12BrFO/c17-12-5-6-14(15(18)9-12)16(19)8-11-7-10-3-1-2-4-13(10)11/h1-6,9,11H,7-8H2. The van der Waals surface area contributed by atoms with Gasteiger partial charge in [-0.15, -0.1) is 0 Å². The minimum atomic E-state index is -0.452. The van der Waals surface area contributed by atoms with Gasteiger partial charge in [0.15, 0.2) is 5.78 Å². The summed E-state index contributed by atoms with van der Waals surface area (Å²) in [5, 5.41) is 0. The quantitative estimate of drug-likeness (QED) is 0.761. The Kier molecular flexibility index (Phi) is 3.23. The van der Waals surface area contributed by atoms with Crippen molar-refractivity contribution in [3.63, 3.8) is 0 Å². The van der Waals surface area contributed by atoms with Crippen molar-refractivity contribution in [1.29, 1.82) is 0 Å². The van der Waals surface area contributed by atoms with Crippen molar-refractivity contribution in [2.75, 3.05) is 0 Å². The van der Waals surface area contributed by atoms with Crippen molar-refractivity contribution in [3.8, 4) is 0 Å². The first-order valence-corrected chi connectivity index (χ1v) is 7.00. The maximum absolute atomic E-state index is 13.7. The highest BCUT2D eigenvalue weighted by Crippen LogP contribution is 2.38. The first kappa shape index (κ1) is 12.5. The van der Waals surface area contributed by atoms with E-state index < -0.39 is 5.82 Å². The van der Waals surface area contributed by atoms with Gasteiger partial charge in [0.1, 0.15) is 5.82 Å². The molecule has 0 spiro atoms. The molecule has 1 aliphatic rings. The van der Waals surface area contributed by atoms with E-state index in [0.29, 0.717) is 10.9 Å². The predicted molar refractivity (Wildman–Crippen MR) is 75.9 cm³/mol. The minimum Gasteiger partial charge on any atom is -0.294 e. The maximum Gasteiger partial charge on any atom is 0.166 e. The van der Waals surface area contributed by atoms with Crippen molar-refractivity contribution >= 4 is 21.7 Å². The third-order valence-corrected chi connectivity index (χ3v) is 4.12. The van der Waals surface area contributed by atoms with Crippen LogP contribution in [-0.4, -0.2) is 5.78 Å². The van der Waals surface area contributed by atoms with Gasteiger partial charge >= 0.3 is 0 Å². The summed E-state index contributed by atoms with van der Waals surface area (Å²) in [5.74, 6) is -0.330. The number of fused-ring (bicyclic) bond motifs is 1. The lowest BCUT2D eigenvalue weighted by molar-refractivity contribution is 0.0966. The normalized spacial score (nSPS) is 16.6. The highest BCUT2D eigenvalue weighted by Gasteiger charge is 2.28. The lowest BCUT2D eigenvalue weighted by atomic mass is 9.74. The zero-order valence-electron chi connectivity index (χ0n) is 10.2. The molecule has 0 aromatic heterocycles. The molecular formula is C16H12BrFO. The molecule has 0 heterocycles. The zero-order chi connectivity index (χ0) is 13.4. The van der Waals surface area contributed by atoms with Gasteiger partial charge in [0.25, 0.3) is 0 Å². The van der Waals surface area contributed by atoms with Crippen LogP contribution in [0.3, 0.4) is 0 Å². The number of carbonyl (C=O) groups is 1. The fraction of sp³-hybridized carbons (Fsp3) is 0.188. The van der Waals surface area contributed by atoms with Gasteiger partial charge in [-0.3, -0.25) is 4.79 Å². The Morgan fingerprint density at radius 1 is 1.26 bits per heavy atom. The average molecular weight is 319 g/mol. The van der Waals surface area contributed by atoms with Crippen molar-refractivity contribution in [1.82, 2.24) is 0 Å². The summed E-state index contributed by atoms with van der Waals surface area (Å²) in [6, 6.07) is 12.7. The second-order valence-corrected chi connectivity index (χ2v) is 5.77. The molecule has 0 N–H and O–H groups in total. The molecule has 0 bridgehead atoms. The molecule has 1 aliphatic carbocycles. The van der Waals surface area contributed by atoms with Crippen molar-refractivity contribution in [2.45, 2.75) is 18.8 Å². The maximum atomic E-state index is 13.7. The molecule has 0 amide bonds. The first-order chi connectivity index (χ1) is 9.15. The van der Waals surface area contributed by atoms with Crippen LogP contribution in [0, 0.1) is 5.82 Å². The first-order valence-electron chi connectivity index (χ1n) is 6.21. The molecule has 96 valence electrons. The Hall–Kier alpha value is -1.48. The number of ketones is 1. The van der Waals surface area contributed by atoms with E-state index in [1.165, 1.54) is 17.2 Å². The largest absolute Gasteiger partial charge is 0.294 e. The van der Waals surface area contributed by atoms with Gasteiger partial charge in [0, 0.05) is 10.9 Å². The Bertz CT molecular complexity index is 651. The number of halogens is 2. The number of hydrogen-bond acceptors (Lipinski definition) is 1. The van der Waals surface area contributed by atoms with Crippen molar-refractivity contribution in [3.05, 3.63) is 69.4 Å². The molecule has 0 fully saturated rings. The molecule has 0 saturated carbocycles. The van der Waals surface area contributed by atoms with E-state index in [1.807, 2.05) is 12.1 Å². The van der Waals surface area contributed by atoms with Crippen molar-refractivity contribution < 1.29 is 9.18 Å². The monoisotopic (exact) mass is 318 g/mol. The molecule has 1 unspecified atom stereocenters. The summed E-state index contributed by atoms with van der Waals surface area (Å²) < 4.78 is 14.4. The van der Waals surface area contributed by atoms with E-state index >= 15 is 0 Å². The van der Waals surface area contributed by atoms with E-state index in [4.69, 9.17) is 0 Å². The molecule has 2 aromatic carbocycles. The summed E-state index contributed by atoms with van der Waals surface area (Å²) >= 11 is 3.19. The van der Waals surface area contributed by atoms with Gasteiger partial charge < -0.3 is 0 Å². The lowest BCUT2D eigenvalue weighted by Gasteiger charge is -2.29. The van der Waals surface area contributed by atoms with Gasteiger partial charge in [-0.2, -0.15) is 0 Å². The average Bonchev–Trinajstić information content (AvgIpc) is 2.35. The fourth-order valence-corrected chi connectivity index (χ4v) is 2.93. The molecule has 0 aliphatic heterocycles. The minimum absolute atomic E-state index is 0.121. The number of carbonyl (C=O) groups excluding carboxylic acids is 1. The Balaban J connectivity index is 1.77. The fourth-order valence-electron chi connectivity index (χ4n) is 2.59. The van der Waals surface area contributed by atoms with Crippen LogP contribution in [0.4, 0.5) is 4.39 Å². The number of hydrogen-bond donors (Lipinski definition) is 0. The van der Waals surface area contributed by atoms with Crippen LogP contribution in [0.5, 0.6) is 0 Å². The van der Waals surface area contributed by atoms with Gasteiger partial charge in [-0.1, -0.05) is 40.2 Å². The summed E-state index contributed by atoms with van der Waals surface area (Å²) in [5.41, 5.74) is 2.72. The van der Waals surface area contributed by atoms with Crippen LogP contribution in [0.25, 0.3) is 0 Å². The van der Waals surface area contributed by atoms with E-state index in [1.54, 1.807) is 12.1 Å². The smallest absolute Gasteiger partial charge is 0.166 e. The third kappa shape index (κ3) is 2.35. The van der Waals surface area contributed by atoms with Crippen LogP contribution in [-0.2, 0) is 6.42 Å². The van der Waals surface area contributed by atoms with Gasteiger partial charge in [0.2, 0.25) is 0 Å². The van der Waals surface area contributed by atoms with Gasteiger partial charge in [0.05, 0.1) is 5.56 Å². The SMILES string of the molecule is O=C(CC1Cc2ccccc21)c1ccc(Br)cc1F. The Morgan fingerprint density at radius 3 is 2.79 bits per heavy atom. The third-order valence-electron chi connectivity index (χ3n) is 3.62. The number of benzene rings is 2.